The summed E-state index contributed by atoms with van der Waals surface area (Å²) >= 11 is 0. The molecule has 2 aromatic carbocycles. The average Bonchev–Trinajstić information content (AvgIpc) is 2.41. The van der Waals surface area contributed by atoms with Crippen LogP contribution in [-0.4, -0.2) is 14.1 Å². The normalized spacial score (nSPS) is 10.5. The van der Waals surface area contributed by atoms with E-state index in [1.165, 1.54) is 22.4 Å². The second-order valence-corrected chi connectivity index (χ2v) is 5.15. The van der Waals surface area contributed by atoms with E-state index in [0.717, 1.165) is 13.1 Å². The fourth-order valence-corrected chi connectivity index (χ4v) is 1.97. The van der Waals surface area contributed by atoms with Crippen LogP contribution in [0.3, 0.4) is 0 Å². The van der Waals surface area contributed by atoms with E-state index in [0.29, 0.717) is 0 Å². The number of aryl methyl sites for hydroxylation is 1. The molecule has 1 N–H and O–H groups in total. The fourth-order valence-electron chi connectivity index (χ4n) is 1.97. The molecule has 0 saturated heterocycles. The highest BCUT2D eigenvalue weighted by atomic mass is 15.1. The van der Waals surface area contributed by atoms with E-state index in [-0.39, 0.29) is 0 Å². The Morgan fingerprint density at radius 1 is 0.789 bits per heavy atom. The van der Waals surface area contributed by atoms with E-state index in [4.69, 9.17) is 0 Å². The third-order valence-corrected chi connectivity index (χ3v) is 3.23. The largest absolute Gasteiger partial charge is 0.378 e. The molecule has 0 heterocycles. The first-order valence-electron chi connectivity index (χ1n) is 6.67. The van der Waals surface area contributed by atoms with Crippen LogP contribution >= 0.6 is 0 Å². The van der Waals surface area contributed by atoms with Crippen LogP contribution in [0, 0.1) is 6.92 Å². The highest BCUT2D eigenvalue weighted by Crippen LogP contribution is 2.12. The van der Waals surface area contributed by atoms with Crippen LogP contribution in [0.15, 0.2) is 48.5 Å². The summed E-state index contributed by atoms with van der Waals surface area (Å²) in [4.78, 5) is 2.11. The van der Waals surface area contributed by atoms with Gasteiger partial charge in [0.2, 0.25) is 0 Å². The second-order valence-electron chi connectivity index (χ2n) is 5.15. The molecule has 0 amide bonds. The molecule has 100 valence electrons. The lowest BCUT2D eigenvalue weighted by Crippen LogP contribution is -2.13. The molecule has 0 bridgehead atoms. The number of benzene rings is 2. The average molecular weight is 254 g/mol. The number of nitrogens with zero attached hydrogens (tertiary/aromatic N) is 1. The van der Waals surface area contributed by atoms with Gasteiger partial charge >= 0.3 is 0 Å². The van der Waals surface area contributed by atoms with Gasteiger partial charge in [0.15, 0.2) is 0 Å². The van der Waals surface area contributed by atoms with Crippen LogP contribution < -0.4 is 10.2 Å². The van der Waals surface area contributed by atoms with Crippen molar-refractivity contribution in [3.8, 4) is 0 Å². The smallest absolute Gasteiger partial charge is 0.0361 e. The minimum atomic E-state index is 0.904. The summed E-state index contributed by atoms with van der Waals surface area (Å²) in [6.07, 6.45) is 0. The Bertz CT molecular complexity index is 498. The molecule has 0 atom stereocenters. The molecule has 2 nitrogen and oxygen atoms in total. The van der Waals surface area contributed by atoms with Gasteiger partial charge in [-0.15, -0.1) is 0 Å². The number of hydrogen-bond donors (Lipinski definition) is 1. The summed E-state index contributed by atoms with van der Waals surface area (Å²) in [7, 11) is 4.12. The van der Waals surface area contributed by atoms with E-state index >= 15 is 0 Å². The van der Waals surface area contributed by atoms with Gasteiger partial charge in [0, 0.05) is 32.9 Å². The van der Waals surface area contributed by atoms with Gasteiger partial charge in [0.25, 0.3) is 0 Å². The third kappa shape index (κ3) is 4.11. The summed E-state index contributed by atoms with van der Waals surface area (Å²) in [6.45, 7) is 3.93. The first-order valence-corrected chi connectivity index (χ1v) is 6.67. The summed E-state index contributed by atoms with van der Waals surface area (Å²) in [5, 5.41) is 3.47. The number of nitrogens with one attached hydrogen (secondary N) is 1. The lowest BCUT2D eigenvalue weighted by molar-refractivity contribution is 0.693. The quantitative estimate of drug-likeness (QED) is 0.880. The number of anilines is 1. The molecule has 0 radical (unpaired) electrons. The monoisotopic (exact) mass is 254 g/mol. The lowest BCUT2D eigenvalue weighted by Gasteiger charge is -2.13. The van der Waals surface area contributed by atoms with Crippen LogP contribution in [0.2, 0.25) is 0 Å². The molecular weight excluding hydrogens is 232 g/mol. The van der Waals surface area contributed by atoms with E-state index in [9.17, 15) is 0 Å². The van der Waals surface area contributed by atoms with Crippen molar-refractivity contribution in [3.63, 3.8) is 0 Å². The zero-order chi connectivity index (χ0) is 13.7. The molecule has 0 aromatic heterocycles. The zero-order valence-corrected chi connectivity index (χ0v) is 12.0. The summed E-state index contributed by atoms with van der Waals surface area (Å²) in [6, 6.07) is 17.3. The Morgan fingerprint density at radius 2 is 1.26 bits per heavy atom. The summed E-state index contributed by atoms with van der Waals surface area (Å²) in [5.74, 6) is 0. The van der Waals surface area contributed by atoms with Crippen molar-refractivity contribution in [1.29, 1.82) is 0 Å². The molecule has 0 spiro atoms. The van der Waals surface area contributed by atoms with Crippen molar-refractivity contribution in [2.75, 3.05) is 19.0 Å². The second kappa shape index (κ2) is 6.39. The molecular formula is C17H22N2. The van der Waals surface area contributed by atoms with Crippen molar-refractivity contribution in [2.24, 2.45) is 0 Å². The van der Waals surface area contributed by atoms with Crippen molar-refractivity contribution in [3.05, 3.63) is 65.2 Å². The molecule has 19 heavy (non-hydrogen) atoms. The zero-order valence-electron chi connectivity index (χ0n) is 12.0. The standard InChI is InChI=1S/C17H22N2/c1-14-4-6-15(7-5-14)12-18-13-16-8-10-17(11-9-16)19(2)3/h4-11,18H,12-13H2,1-3H3. The predicted molar refractivity (Wildman–Crippen MR) is 82.5 cm³/mol. The molecule has 2 heteroatoms. The Kier molecular flexibility index (Phi) is 4.58. The van der Waals surface area contributed by atoms with Gasteiger partial charge in [-0.05, 0) is 30.2 Å². The maximum atomic E-state index is 3.47. The van der Waals surface area contributed by atoms with Crippen molar-refractivity contribution in [2.45, 2.75) is 20.0 Å². The molecule has 0 saturated carbocycles. The molecule has 0 aliphatic carbocycles. The van der Waals surface area contributed by atoms with Gasteiger partial charge in [0.05, 0.1) is 0 Å². The fraction of sp³-hybridized carbons (Fsp3) is 0.294. The minimum absolute atomic E-state index is 0.904. The maximum absolute atomic E-state index is 3.47. The topological polar surface area (TPSA) is 15.3 Å². The first-order chi connectivity index (χ1) is 9.15. The van der Waals surface area contributed by atoms with Gasteiger partial charge in [-0.3, -0.25) is 0 Å². The first kappa shape index (κ1) is 13.6. The third-order valence-electron chi connectivity index (χ3n) is 3.23. The molecule has 0 aliphatic heterocycles. The predicted octanol–water partition coefficient (Wildman–Crippen LogP) is 3.35. The summed E-state index contributed by atoms with van der Waals surface area (Å²) < 4.78 is 0. The van der Waals surface area contributed by atoms with Crippen LogP contribution in [0.1, 0.15) is 16.7 Å². The minimum Gasteiger partial charge on any atom is -0.378 e. The Morgan fingerprint density at radius 3 is 1.74 bits per heavy atom. The molecule has 2 rings (SSSR count). The number of hydrogen-bond acceptors (Lipinski definition) is 2. The highest BCUT2D eigenvalue weighted by Gasteiger charge is 1.97. The van der Waals surface area contributed by atoms with Crippen LogP contribution in [0.4, 0.5) is 5.69 Å². The molecule has 0 unspecified atom stereocenters. The Balaban J connectivity index is 1.83. The van der Waals surface area contributed by atoms with Crippen molar-refractivity contribution in [1.82, 2.24) is 5.32 Å². The Hall–Kier alpha value is -1.80. The van der Waals surface area contributed by atoms with E-state index in [2.05, 4.69) is 79.8 Å². The van der Waals surface area contributed by atoms with Gasteiger partial charge in [-0.1, -0.05) is 42.0 Å². The van der Waals surface area contributed by atoms with Crippen molar-refractivity contribution >= 4 is 5.69 Å². The lowest BCUT2D eigenvalue weighted by atomic mass is 10.1. The van der Waals surface area contributed by atoms with Gasteiger partial charge in [0.1, 0.15) is 0 Å². The van der Waals surface area contributed by atoms with E-state index < -0.39 is 0 Å². The van der Waals surface area contributed by atoms with Crippen LogP contribution in [0.25, 0.3) is 0 Å². The van der Waals surface area contributed by atoms with E-state index in [1.807, 2.05) is 0 Å². The molecule has 0 aliphatic rings. The van der Waals surface area contributed by atoms with Crippen molar-refractivity contribution < 1.29 is 0 Å². The van der Waals surface area contributed by atoms with Gasteiger partial charge < -0.3 is 10.2 Å². The SMILES string of the molecule is Cc1ccc(CNCc2ccc(N(C)C)cc2)cc1. The summed E-state index contributed by atoms with van der Waals surface area (Å²) in [5.41, 5.74) is 5.19. The highest BCUT2D eigenvalue weighted by molar-refractivity contribution is 5.45. The van der Waals surface area contributed by atoms with Crippen LogP contribution in [0.5, 0.6) is 0 Å². The Labute approximate surface area is 116 Å². The van der Waals surface area contributed by atoms with Crippen LogP contribution in [-0.2, 0) is 13.1 Å². The van der Waals surface area contributed by atoms with Gasteiger partial charge in [-0.2, -0.15) is 0 Å². The maximum Gasteiger partial charge on any atom is 0.0361 e. The molecule has 2 aromatic rings. The van der Waals surface area contributed by atoms with E-state index in [1.54, 1.807) is 0 Å². The number of rotatable bonds is 5. The van der Waals surface area contributed by atoms with Gasteiger partial charge in [-0.25, -0.2) is 0 Å². The molecule has 0 fully saturated rings.